The van der Waals surface area contributed by atoms with Crippen LogP contribution in [0.4, 0.5) is 0 Å². The number of fused-ring (bicyclic) bond motifs is 1. The van der Waals surface area contributed by atoms with Crippen molar-refractivity contribution in [2.24, 2.45) is 5.73 Å². The monoisotopic (exact) mass is 386 g/mol. The summed E-state index contributed by atoms with van der Waals surface area (Å²) in [7, 11) is 0. The van der Waals surface area contributed by atoms with Crippen molar-refractivity contribution in [2.75, 3.05) is 13.1 Å². The number of nitrogens with two attached hydrogens (primary N) is 1. The molecule has 1 saturated carbocycles. The highest BCUT2D eigenvalue weighted by molar-refractivity contribution is 5.93. The zero-order chi connectivity index (χ0) is 20.0. The summed E-state index contributed by atoms with van der Waals surface area (Å²) in [6.07, 6.45) is 6.66. The van der Waals surface area contributed by atoms with Gasteiger partial charge in [-0.3, -0.25) is 14.8 Å². The standard InChI is InChI=1S/C24H26N4O/c1-15-10-18-14-28-22(12-17(18)11-19(15)16-5-8-26-9-6-16)24(23(25)29)13-20(24)21-4-2-3-7-27-21/h2-4,7,10-12,14,16,20,26H,5-6,8-9,13H2,1H3,(H2,25,29). The Morgan fingerprint density at radius 2 is 1.97 bits per heavy atom. The van der Waals surface area contributed by atoms with Crippen molar-refractivity contribution in [3.8, 4) is 0 Å². The van der Waals surface area contributed by atoms with E-state index in [-0.39, 0.29) is 11.8 Å². The van der Waals surface area contributed by atoms with Gasteiger partial charge in [0.15, 0.2) is 0 Å². The van der Waals surface area contributed by atoms with E-state index in [9.17, 15) is 4.79 Å². The van der Waals surface area contributed by atoms with Crippen LogP contribution < -0.4 is 11.1 Å². The van der Waals surface area contributed by atoms with Crippen LogP contribution >= 0.6 is 0 Å². The van der Waals surface area contributed by atoms with Gasteiger partial charge in [0.25, 0.3) is 0 Å². The highest BCUT2D eigenvalue weighted by Gasteiger charge is 2.62. The third-order valence-corrected chi connectivity index (χ3v) is 6.79. The summed E-state index contributed by atoms with van der Waals surface area (Å²) in [6, 6.07) is 12.4. The van der Waals surface area contributed by atoms with Crippen LogP contribution in [-0.4, -0.2) is 29.0 Å². The Morgan fingerprint density at radius 3 is 2.69 bits per heavy atom. The lowest BCUT2D eigenvalue weighted by atomic mass is 9.85. The molecule has 1 amide bonds. The maximum atomic E-state index is 12.5. The zero-order valence-electron chi connectivity index (χ0n) is 16.7. The van der Waals surface area contributed by atoms with E-state index in [1.807, 2.05) is 24.4 Å². The third-order valence-electron chi connectivity index (χ3n) is 6.79. The molecule has 5 heteroatoms. The van der Waals surface area contributed by atoms with Gasteiger partial charge >= 0.3 is 0 Å². The zero-order valence-corrected chi connectivity index (χ0v) is 16.7. The van der Waals surface area contributed by atoms with Crippen LogP contribution in [0.5, 0.6) is 0 Å². The minimum absolute atomic E-state index is 0.000452. The number of hydrogen-bond donors (Lipinski definition) is 2. The van der Waals surface area contributed by atoms with E-state index in [2.05, 4.69) is 40.4 Å². The van der Waals surface area contributed by atoms with Gasteiger partial charge < -0.3 is 11.1 Å². The van der Waals surface area contributed by atoms with E-state index in [4.69, 9.17) is 5.73 Å². The Labute approximate surface area is 170 Å². The van der Waals surface area contributed by atoms with Gasteiger partial charge in [-0.2, -0.15) is 0 Å². The summed E-state index contributed by atoms with van der Waals surface area (Å²) >= 11 is 0. The number of aryl methyl sites for hydroxylation is 1. The fourth-order valence-corrected chi connectivity index (χ4v) is 5.03. The molecule has 1 aliphatic carbocycles. The molecule has 0 radical (unpaired) electrons. The van der Waals surface area contributed by atoms with Crippen molar-refractivity contribution >= 4 is 16.7 Å². The summed E-state index contributed by atoms with van der Waals surface area (Å²) in [5.41, 5.74) is 9.57. The molecule has 2 unspecified atom stereocenters. The Bertz CT molecular complexity index is 1070. The molecule has 148 valence electrons. The Kier molecular flexibility index (Phi) is 4.36. The first-order valence-corrected chi connectivity index (χ1v) is 10.4. The molecule has 5 rings (SSSR count). The number of rotatable bonds is 4. The molecule has 2 fully saturated rings. The summed E-state index contributed by atoms with van der Waals surface area (Å²) < 4.78 is 0. The SMILES string of the molecule is Cc1cc2cnc(C3(C(N)=O)CC3c3ccccn3)cc2cc1C1CCNCC1. The van der Waals surface area contributed by atoms with Crippen molar-refractivity contribution in [3.63, 3.8) is 0 Å². The Hall–Kier alpha value is -2.79. The molecule has 1 saturated heterocycles. The number of pyridine rings is 2. The van der Waals surface area contributed by atoms with E-state index < -0.39 is 5.41 Å². The molecule has 0 bridgehead atoms. The second-order valence-electron chi connectivity index (χ2n) is 8.50. The van der Waals surface area contributed by atoms with Crippen LogP contribution in [0.25, 0.3) is 10.8 Å². The minimum Gasteiger partial charge on any atom is -0.369 e. The molecular weight excluding hydrogens is 360 g/mol. The number of piperidine rings is 1. The second kappa shape index (κ2) is 6.92. The van der Waals surface area contributed by atoms with Crippen molar-refractivity contribution in [1.82, 2.24) is 15.3 Å². The molecule has 1 aliphatic heterocycles. The number of carbonyl (C=O) groups is 1. The Morgan fingerprint density at radius 1 is 1.14 bits per heavy atom. The first-order valence-electron chi connectivity index (χ1n) is 10.4. The van der Waals surface area contributed by atoms with Crippen molar-refractivity contribution in [2.45, 2.75) is 43.4 Å². The molecule has 2 atom stereocenters. The van der Waals surface area contributed by atoms with Gasteiger partial charge in [-0.05, 0) is 86.0 Å². The van der Waals surface area contributed by atoms with Crippen LogP contribution in [0.2, 0.25) is 0 Å². The molecule has 2 aliphatic rings. The van der Waals surface area contributed by atoms with Gasteiger partial charge in [-0.25, -0.2) is 0 Å². The largest absolute Gasteiger partial charge is 0.369 e. The van der Waals surface area contributed by atoms with E-state index in [0.29, 0.717) is 12.3 Å². The van der Waals surface area contributed by atoms with Crippen LogP contribution in [0.1, 0.15) is 53.6 Å². The summed E-state index contributed by atoms with van der Waals surface area (Å²) in [5, 5.41) is 5.69. The quantitative estimate of drug-likeness (QED) is 0.721. The topological polar surface area (TPSA) is 80.9 Å². The van der Waals surface area contributed by atoms with Crippen LogP contribution in [0.15, 0.2) is 48.8 Å². The maximum Gasteiger partial charge on any atom is 0.230 e. The van der Waals surface area contributed by atoms with Crippen LogP contribution in [0.3, 0.4) is 0 Å². The van der Waals surface area contributed by atoms with Gasteiger partial charge in [0, 0.05) is 29.4 Å². The van der Waals surface area contributed by atoms with Crippen molar-refractivity contribution in [1.29, 1.82) is 0 Å². The number of nitrogens with one attached hydrogen (secondary N) is 1. The first-order chi connectivity index (χ1) is 14.1. The lowest BCUT2D eigenvalue weighted by Gasteiger charge is -2.25. The summed E-state index contributed by atoms with van der Waals surface area (Å²) in [6.45, 7) is 4.33. The number of aromatic nitrogens is 2. The molecule has 3 heterocycles. The number of primary amides is 1. The number of benzene rings is 1. The average molecular weight is 386 g/mol. The van der Waals surface area contributed by atoms with Crippen molar-refractivity contribution < 1.29 is 4.79 Å². The highest BCUT2D eigenvalue weighted by Crippen LogP contribution is 2.59. The molecule has 2 aromatic heterocycles. The van der Waals surface area contributed by atoms with E-state index in [1.54, 1.807) is 6.20 Å². The lowest BCUT2D eigenvalue weighted by molar-refractivity contribution is -0.120. The van der Waals surface area contributed by atoms with Crippen LogP contribution in [-0.2, 0) is 10.2 Å². The molecule has 3 aromatic rings. The van der Waals surface area contributed by atoms with E-state index in [0.717, 1.165) is 48.1 Å². The van der Waals surface area contributed by atoms with Gasteiger partial charge in [-0.1, -0.05) is 12.1 Å². The normalized spacial score (nSPS) is 24.5. The fourth-order valence-electron chi connectivity index (χ4n) is 5.03. The minimum atomic E-state index is -0.748. The van der Waals surface area contributed by atoms with Crippen LogP contribution in [0, 0.1) is 6.92 Å². The van der Waals surface area contributed by atoms with Gasteiger partial charge in [0.2, 0.25) is 5.91 Å². The second-order valence-corrected chi connectivity index (χ2v) is 8.50. The number of nitrogens with zero attached hydrogens (tertiary/aromatic N) is 2. The van der Waals surface area contributed by atoms with Gasteiger partial charge in [-0.15, -0.1) is 0 Å². The average Bonchev–Trinajstić information content (AvgIpc) is 3.51. The third kappa shape index (κ3) is 3.01. The molecule has 29 heavy (non-hydrogen) atoms. The van der Waals surface area contributed by atoms with E-state index >= 15 is 0 Å². The molecule has 0 spiro atoms. The summed E-state index contributed by atoms with van der Waals surface area (Å²) in [5.74, 6) is 0.274. The Balaban J connectivity index is 1.56. The number of amides is 1. The van der Waals surface area contributed by atoms with E-state index in [1.165, 1.54) is 11.1 Å². The molecule has 3 N–H and O–H groups in total. The van der Waals surface area contributed by atoms with Crippen molar-refractivity contribution in [3.05, 3.63) is 71.3 Å². The predicted octanol–water partition coefficient (Wildman–Crippen LogP) is 3.32. The maximum absolute atomic E-state index is 12.5. The lowest BCUT2D eigenvalue weighted by Crippen LogP contribution is -2.31. The van der Waals surface area contributed by atoms with Gasteiger partial charge in [0.05, 0.1) is 11.1 Å². The smallest absolute Gasteiger partial charge is 0.230 e. The predicted molar refractivity (Wildman–Crippen MR) is 114 cm³/mol. The number of carbonyl (C=O) groups excluding carboxylic acids is 1. The first kappa shape index (κ1) is 18.3. The molecule has 5 nitrogen and oxygen atoms in total. The summed E-state index contributed by atoms with van der Waals surface area (Å²) in [4.78, 5) is 21.7. The van der Waals surface area contributed by atoms with Gasteiger partial charge in [0.1, 0.15) is 0 Å². The molecule has 1 aromatic carbocycles. The highest BCUT2D eigenvalue weighted by atomic mass is 16.1. The molecular formula is C24H26N4O. The fraction of sp³-hybridized carbons (Fsp3) is 0.375. The number of hydrogen-bond acceptors (Lipinski definition) is 4.